The van der Waals surface area contributed by atoms with Crippen LogP contribution in [0, 0.1) is 0 Å². The topological polar surface area (TPSA) is 75.6 Å². The van der Waals surface area contributed by atoms with Crippen LogP contribution in [0.25, 0.3) is 0 Å². The van der Waals surface area contributed by atoms with Crippen LogP contribution in [0.5, 0.6) is 5.75 Å². The van der Waals surface area contributed by atoms with E-state index in [1.54, 1.807) is 25.1 Å². The van der Waals surface area contributed by atoms with E-state index >= 15 is 0 Å². The molecule has 98 valence electrons. The Balaban J connectivity index is 2.83. The average molecular weight is 251 g/mol. The van der Waals surface area contributed by atoms with E-state index in [2.05, 4.69) is 5.32 Å². The molecule has 0 bridgehead atoms. The summed E-state index contributed by atoms with van der Waals surface area (Å²) in [5, 5.41) is 11.6. The first-order chi connectivity index (χ1) is 8.58. The van der Waals surface area contributed by atoms with Gasteiger partial charge in [0, 0.05) is 12.8 Å². The van der Waals surface area contributed by atoms with Gasteiger partial charge in [0.25, 0.3) is 0 Å². The summed E-state index contributed by atoms with van der Waals surface area (Å²) in [5.74, 6) is -0.713. The highest BCUT2D eigenvalue weighted by Gasteiger charge is 2.21. The maximum Gasteiger partial charge on any atom is 0.326 e. The van der Waals surface area contributed by atoms with E-state index in [9.17, 15) is 9.59 Å². The third kappa shape index (κ3) is 3.76. The van der Waals surface area contributed by atoms with Crippen molar-refractivity contribution in [3.8, 4) is 5.75 Å². The van der Waals surface area contributed by atoms with Gasteiger partial charge in [-0.25, -0.2) is 4.79 Å². The fraction of sp³-hybridized carbons (Fsp3) is 0.385. The number of methoxy groups -OCH3 is 1. The van der Waals surface area contributed by atoms with E-state index in [-0.39, 0.29) is 18.7 Å². The van der Waals surface area contributed by atoms with E-state index in [1.807, 2.05) is 6.07 Å². The minimum Gasteiger partial charge on any atom is -0.496 e. The molecule has 1 atom stereocenters. The van der Waals surface area contributed by atoms with Gasteiger partial charge in [-0.2, -0.15) is 0 Å². The van der Waals surface area contributed by atoms with Gasteiger partial charge < -0.3 is 15.2 Å². The molecule has 2 N–H and O–H groups in total. The fourth-order valence-corrected chi connectivity index (χ4v) is 1.59. The zero-order chi connectivity index (χ0) is 13.5. The molecular weight excluding hydrogens is 234 g/mol. The molecule has 1 amide bonds. The first-order valence-electron chi connectivity index (χ1n) is 5.72. The summed E-state index contributed by atoms with van der Waals surface area (Å²) in [4.78, 5) is 22.4. The highest BCUT2D eigenvalue weighted by Crippen LogP contribution is 2.19. The average Bonchev–Trinajstić information content (AvgIpc) is 2.38. The molecule has 1 rings (SSSR count). The molecule has 0 aromatic heterocycles. The third-order valence-corrected chi connectivity index (χ3v) is 2.57. The lowest BCUT2D eigenvalue weighted by Crippen LogP contribution is -2.42. The molecule has 0 saturated heterocycles. The second-order valence-corrected chi connectivity index (χ2v) is 3.83. The molecule has 1 aromatic carbocycles. The van der Waals surface area contributed by atoms with Crippen LogP contribution in [0.1, 0.15) is 18.9 Å². The van der Waals surface area contributed by atoms with E-state index < -0.39 is 12.0 Å². The first-order valence-corrected chi connectivity index (χ1v) is 5.72. The van der Waals surface area contributed by atoms with Gasteiger partial charge in [0.15, 0.2) is 0 Å². The maximum atomic E-state index is 11.3. The van der Waals surface area contributed by atoms with Gasteiger partial charge in [-0.1, -0.05) is 25.1 Å². The Morgan fingerprint density at radius 2 is 2.06 bits per heavy atom. The van der Waals surface area contributed by atoms with Crippen LogP contribution in [-0.2, 0) is 16.0 Å². The number of nitrogens with one attached hydrogen (secondary N) is 1. The van der Waals surface area contributed by atoms with Crippen molar-refractivity contribution in [3.63, 3.8) is 0 Å². The largest absolute Gasteiger partial charge is 0.496 e. The Bertz CT molecular complexity index is 431. The number of aliphatic carboxylic acids is 1. The molecule has 0 spiro atoms. The minimum atomic E-state index is -1.05. The summed E-state index contributed by atoms with van der Waals surface area (Å²) < 4.78 is 5.15. The number of amides is 1. The monoisotopic (exact) mass is 251 g/mol. The second kappa shape index (κ2) is 6.64. The normalized spacial score (nSPS) is 11.7. The van der Waals surface area contributed by atoms with Crippen LogP contribution in [0.3, 0.4) is 0 Å². The number of ether oxygens (including phenoxy) is 1. The number of benzene rings is 1. The summed E-state index contributed by atoms with van der Waals surface area (Å²) in [6, 6.07) is 6.22. The lowest BCUT2D eigenvalue weighted by Gasteiger charge is -2.15. The van der Waals surface area contributed by atoms with E-state index in [0.29, 0.717) is 5.75 Å². The SMILES string of the molecule is CCC(=O)NC(Cc1ccccc1OC)C(=O)O. The molecule has 5 heteroatoms. The van der Waals surface area contributed by atoms with Crippen molar-refractivity contribution in [2.75, 3.05) is 7.11 Å². The van der Waals surface area contributed by atoms with E-state index in [4.69, 9.17) is 9.84 Å². The Hall–Kier alpha value is -2.04. The fourth-order valence-electron chi connectivity index (χ4n) is 1.59. The Labute approximate surface area is 106 Å². The van der Waals surface area contributed by atoms with Gasteiger partial charge in [0.05, 0.1) is 7.11 Å². The Morgan fingerprint density at radius 1 is 1.39 bits per heavy atom. The van der Waals surface area contributed by atoms with Crippen molar-refractivity contribution in [3.05, 3.63) is 29.8 Å². The summed E-state index contributed by atoms with van der Waals surface area (Å²) >= 11 is 0. The van der Waals surface area contributed by atoms with Crippen molar-refractivity contribution in [1.29, 1.82) is 0 Å². The van der Waals surface area contributed by atoms with Gasteiger partial charge in [-0.15, -0.1) is 0 Å². The van der Waals surface area contributed by atoms with Crippen molar-refractivity contribution < 1.29 is 19.4 Å². The third-order valence-electron chi connectivity index (χ3n) is 2.57. The van der Waals surface area contributed by atoms with Crippen LogP contribution in [0.4, 0.5) is 0 Å². The molecule has 0 aliphatic carbocycles. The molecule has 0 aliphatic rings. The predicted octanol–water partition coefficient (Wildman–Crippen LogP) is 1.22. The number of hydrogen-bond donors (Lipinski definition) is 2. The van der Waals surface area contributed by atoms with Gasteiger partial charge >= 0.3 is 5.97 Å². The minimum absolute atomic E-state index is 0.199. The summed E-state index contributed by atoms with van der Waals surface area (Å²) in [7, 11) is 1.53. The van der Waals surface area contributed by atoms with Crippen LogP contribution in [-0.4, -0.2) is 30.1 Å². The highest BCUT2D eigenvalue weighted by atomic mass is 16.5. The van der Waals surface area contributed by atoms with Gasteiger partial charge in [-0.05, 0) is 11.6 Å². The molecule has 1 unspecified atom stereocenters. The summed E-state index contributed by atoms with van der Waals surface area (Å²) in [5.41, 5.74) is 0.754. The highest BCUT2D eigenvalue weighted by molar-refractivity contribution is 5.83. The number of carbonyl (C=O) groups is 2. The molecule has 18 heavy (non-hydrogen) atoms. The maximum absolute atomic E-state index is 11.3. The van der Waals surface area contributed by atoms with Crippen LogP contribution in [0.2, 0.25) is 0 Å². The number of rotatable bonds is 6. The Kier molecular flexibility index (Phi) is 5.17. The molecule has 0 radical (unpaired) electrons. The van der Waals surface area contributed by atoms with E-state index in [0.717, 1.165) is 5.56 Å². The lowest BCUT2D eigenvalue weighted by atomic mass is 10.0. The predicted molar refractivity (Wildman–Crippen MR) is 66.6 cm³/mol. The molecule has 5 nitrogen and oxygen atoms in total. The molecule has 0 saturated carbocycles. The van der Waals surface area contributed by atoms with Crippen molar-refractivity contribution >= 4 is 11.9 Å². The number of hydrogen-bond acceptors (Lipinski definition) is 3. The van der Waals surface area contributed by atoms with Crippen molar-refractivity contribution in [2.24, 2.45) is 0 Å². The quantitative estimate of drug-likeness (QED) is 0.797. The number of carboxylic acids is 1. The van der Waals surface area contributed by atoms with Gasteiger partial charge in [0.2, 0.25) is 5.91 Å². The van der Waals surface area contributed by atoms with Gasteiger partial charge in [0.1, 0.15) is 11.8 Å². The lowest BCUT2D eigenvalue weighted by molar-refractivity contribution is -0.141. The van der Waals surface area contributed by atoms with Crippen LogP contribution >= 0.6 is 0 Å². The number of para-hydroxylation sites is 1. The molecule has 1 aromatic rings. The standard InChI is InChI=1S/C13H17NO4/c1-3-12(15)14-10(13(16)17)8-9-6-4-5-7-11(9)18-2/h4-7,10H,3,8H2,1-2H3,(H,14,15)(H,16,17). The smallest absolute Gasteiger partial charge is 0.326 e. The Morgan fingerprint density at radius 3 is 2.61 bits per heavy atom. The second-order valence-electron chi connectivity index (χ2n) is 3.83. The number of carboxylic acid groups (broad SMARTS) is 1. The number of carbonyl (C=O) groups excluding carboxylic acids is 1. The van der Waals surface area contributed by atoms with Crippen molar-refractivity contribution in [1.82, 2.24) is 5.32 Å². The molecular formula is C13H17NO4. The molecule has 0 fully saturated rings. The zero-order valence-corrected chi connectivity index (χ0v) is 10.5. The van der Waals surface area contributed by atoms with Crippen LogP contribution in [0.15, 0.2) is 24.3 Å². The van der Waals surface area contributed by atoms with Crippen molar-refractivity contribution in [2.45, 2.75) is 25.8 Å². The summed E-state index contributed by atoms with van der Waals surface area (Å²) in [6.45, 7) is 1.68. The van der Waals surface area contributed by atoms with Gasteiger partial charge in [-0.3, -0.25) is 4.79 Å². The first kappa shape index (κ1) is 14.0. The molecule has 0 aliphatic heterocycles. The summed E-state index contributed by atoms with van der Waals surface area (Å²) in [6.07, 6.45) is 0.459. The zero-order valence-electron chi connectivity index (χ0n) is 10.5. The molecule has 0 heterocycles. The van der Waals surface area contributed by atoms with E-state index in [1.165, 1.54) is 7.11 Å². The van der Waals surface area contributed by atoms with Crippen LogP contribution < -0.4 is 10.1 Å².